The van der Waals surface area contributed by atoms with Crippen molar-refractivity contribution < 1.29 is 9.53 Å². The van der Waals surface area contributed by atoms with Gasteiger partial charge in [0.05, 0.1) is 5.02 Å². The number of imidazole rings is 1. The third kappa shape index (κ3) is 3.92. The normalized spacial score (nSPS) is 10.5. The fourth-order valence-corrected chi connectivity index (χ4v) is 2.61. The van der Waals surface area contributed by atoms with Gasteiger partial charge in [-0.1, -0.05) is 23.2 Å². The molecule has 0 saturated heterocycles. The van der Waals surface area contributed by atoms with Gasteiger partial charge in [0, 0.05) is 30.2 Å². The van der Waals surface area contributed by atoms with E-state index < -0.39 is 0 Å². The monoisotopic (exact) mass is 376 g/mol. The van der Waals surface area contributed by atoms with Crippen LogP contribution in [0.4, 0.5) is 5.95 Å². The first-order chi connectivity index (χ1) is 12.1. The van der Waals surface area contributed by atoms with Gasteiger partial charge >= 0.3 is 0 Å². The van der Waals surface area contributed by atoms with Crippen molar-refractivity contribution in [1.82, 2.24) is 14.5 Å². The second-order valence-electron chi connectivity index (χ2n) is 5.02. The Hall–Kier alpha value is -2.57. The van der Waals surface area contributed by atoms with Crippen molar-refractivity contribution in [1.29, 1.82) is 0 Å². The van der Waals surface area contributed by atoms with E-state index in [9.17, 15) is 4.79 Å². The van der Waals surface area contributed by atoms with Crippen molar-refractivity contribution >= 4 is 35.1 Å². The van der Waals surface area contributed by atoms with Gasteiger partial charge in [0.25, 0.3) is 5.91 Å². The van der Waals surface area contributed by atoms with Crippen molar-refractivity contribution in [2.45, 2.75) is 13.5 Å². The summed E-state index contributed by atoms with van der Waals surface area (Å²) >= 11 is 12.0. The summed E-state index contributed by atoms with van der Waals surface area (Å²) in [7, 11) is 0. The number of halogens is 2. The minimum absolute atomic E-state index is 0.138. The molecule has 0 unspecified atom stereocenters. The van der Waals surface area contributed by atoms with Gasteiger partial charge in [0.1, 0.15) is 11.3 Å². The van der Waals surface area contributed by atoms with Crippen molar-refractivity contribution in [2.24, 2.45) is 0 Å². The summed E-state index contributed by atoms with van der Waals surface area (Å²) in [6.45, 7) is 2.64. The first-order valence-corrected chi connectivity index (χ1v) is 8.24. The zero-order chi connectivity index (χ0) is 17.8. The van der Waals surface area contributed by atoms with Gasteiger partial charge in [-0.05, 0) is 37.3 Å². The van der Waals surface area contributed by atoms with Gasteiger partial charge in [-0.25, -0.2) is 9.97 Å². The van der Waals surface area contributed by atoms with E-state index in [2.05, 4.69) is 15.3 Å². The lowest BCUT2D eigenvalue weighted by atomic mass is 10.2. The molecule has 128 valence electrons. The molecule has 6 nitrogen and oxygen atoms in total. The van der Waals surface area contributed by atoms with Crippen LogP contribution < -0.4 is 10.1 Å². The minimum Gasteiger partial charge on any atom is -0.437 e. The molecule has 1 N–H and O–H groups in total. The molecule has 0 spiro atoms. The highest BCUT2D eigenvalue weighted by atomic mass is 35.5. The molecule has 0 aliphatic heterocycles. The number of aryl methyl sites for hydroxylation is 1. The van der Waals surface area contributed by atoms with Crippen molar-refractivity contribution in [3.05, 3.63) is 64.5 Å². The highest BCUT2D eigenvalue weighted by Crippen LogP contribution is 2.32. The lowest BCUT2D eigenvalue weighted by molar-refractivity contribution is 0.102. The van der Waals surface area contributed by atoms with Crippen LogP contribution in [0.25, 0.3) is 0 Å². The predicted octanol–water partition coefficient (Wildman–Crippen LogP) is 4.65. The number of nitrogens with zero attached hydrogens (tertiary/aromatic N) is 3. The van der Waals surface area contributed by atoms with Gasteiger partial charge in [-0.15, -0.1) is 0 Å². The Morgan fingerprint density at radius 3 is 2.84 bits per heavy atom. The van der Waals surface area contributed by atoms with Crippen LogP contribution in [-0.2, 0) is 6.54 Å². The van der Waals surface area contributed by atoms with E-state index >= 15 is 0 Å². The third-order valence-corrected chi connectivity index (χ3v) is 3.93. The van der Waals surface area contributed by atoms with Crippen molar-refractivity contribution in [3.8, 4) is 11.6 Å². The van der Waals surface area contributed by atoms with Crippen LogP contribution >= 0.6 is 23.2 Å². The molecule has 0 radical (unpaired) electrons. The molecule has 0 fully saturated rings. The number of hydrogen-bond acceptors (Lipinski definition) is 4. The lowest BCUT2D eigenvalue weighted by Crippen LogP contribution is -2.16. The molecule has 2 aromatic heterocycles. The Morgan fingerprint density at radius 2 is 2.08 bits per heavy atom. The highest BCUT2D eigenvalue weighted by molar-refractivity contribution is 6.35. The van der Waals surface area contributed by atoms with E-state index in [0.717, 1.165) is 0 Å². The summed E-state index contributed by atoms with van der Waals surface area (Å²) in [4.78, 5) is 20.8. The Bertz CT molecular complexity index is 911. The lowest BCUT2D eigenvalue weighted by Gasteiger charge is -2.11. The van der Waals surface area contributed by atoms with Crippen LogP contribution in [0.3, 0.4) is 0 Å². The van der Waals surface area contributed by atoms with Gasteiger partial charge in [0.2, 0.25) is 11.8 Å². The summed E-state index contributed by atoms with van der Waals surface area (Å²) in [6, 6.07) is 8.08. The van der Waals surface area contributed by atoms with E-state index in [1.54, 1.807) is 42.7 Å². The van der Waals surface area contributed by atoms with Crippen LogP contribution in [0.15, 0.2) is 48.9 Å². The summed E-state index contributed by atoms with van der Waals surface area (Å²) in [5, 5.41) is 3.56. The van der Waals surface area contributed by atoms with E-state index in [-0.39, 0.29) is 17.4 Å². The number of aromatic nitrogens is 3. The number of pyridine rings is 1. The number of amides is 1. The van der Waals surface area contributed by atoms with E-state index in [4.69, 9.17) is 27.9 Å². The molecule has 2 heterocycles. The molecule has 0 saturated carbocycles. The van der Waals surface area contributed by atoms with Gasteiger partial charge in [0.15, 0.2) is 0 Å². The smallest absolute Gasteiger partial charge is 0.263 e. The number of ether oxygens (including phenoxy) is 1. The van der Waals surface area contributed by atoms with Gasteiger partial charge in [-0.3, -0.25) is 10.1 Å². The summed E-state index contributed by atoms with van der Waals surface area (Å²) < 4.78 is 7.51. The number of anilines is 1. The highest BCUT2D eigenvalue weighted by Gasteiger charge is 2.17. The molecular formula is C17H14Cl2N4O2. The number of hydrogen-bond donors (Lipinski definition) is 1. The standard InChI is InChI=1S/C17H14Cl2N4O2/c1-2-23-9-8-21-17(23)22-15(24)12-4-3-7-20-16(12)25-14-6-5-11(18)10-13(14)19/h3-10H,2H2,1H3,(H,21,22,24). The minimum atomic E-state index is -0.380. The number of carbonyl (C=O) groups excluding carboxylic acids is 1. The first-order valence-electron chi connectivity index (χ1n) is 7.49. The Labute approximate surface area is 154 Å². The molecule has 0 atom stereocenters. The zero-order valence-corrected chi connectivity index (χ0v) is 14.8. The number of carbonyl (C=O) groups is 1. The fourth-order valence-electron chi connectivity index (χ4n) is 2.16. The van der Waals surface area contributed by atoms with Crippen LogP contribution in [0, 0.1) is 0 Å². The average molecular weight is 377 g/mol. The largest absolute Gasteiger partial charge is 0.437 e. The second kappa shape index (κ2) is 7.55. The maximum atomic E-state index is 12.6. The van der Waals surface area contributed by atoms with Crippen LogP contribution in [0.5, 0.6) is 11.6 Å². The topological polar surface area (TPSA) is 69.0 Å². The molecule has 8 heteroatoms. The van der Waals surface area contributed by atoms with Gasteiger partial charge in [-0.2, -0.15) is 0 Å². The molecule has 1 amide bonds. The van der Waals surface area contributed by atoms with E-state index in [1.165, 1.54) is 6.20 Å². The Kier molecular flexibility index (Phi) is 5.21. The van der Waals surface area contributed by atoms with E-state index in [0.29, 0.717) is 28.3 Å². The van der Waals surface area contributed by atoms with Gasteiger partial charge < -0.3 is 9.30 Å². The molecule has 3 rings (SSSR count). The Morgan fingerprint density at radius 1 is 1.24 bits per heavy atom. The molecule has 0 aliphatic carbocycles. The van der Waals surface area contributed by atoms with Crippen molar-refractivity contribution in [2.75, 3.05) is 5.32 Å². The van der Waals surface area contributed by atoms with Crippen molar-refractivity contribution in [3.63, 3.8) is 0 Å². The maximum absolute atomic E-state index is 12.6. The fraction of sp³-hybridized carbons (Fsp3) is 0.118. The third-order valence-electron chi connectivity index (χ3n) is 3.40. The number of benzene rings is 1. The zero-order valence-electron chi connectivity index (χ0n) is 13.2. The molecule has 0 aliphatic rings. The average Bonchev–Trinajstić information content (AvgIpc) is 3.05. The molecule has 1 aromatic carbocycles. The van der Waals surface area contributed by atoms with E-state index in [1.807, 2.05) is 11.5 Å². The maximum Gasteiger partial charge on any atom is 0.263 e. The number of nitrogens with one attached hydrogen (secondary N) is 1. The Balaban J connectivity index is 1.86. The second-order valence-corrected chi connectivity index (χ2v) is 5.87. The summed E-state index contributed by atoms with van der Waals surface area (Å²) in [6.07, 6.45) is 4.93. The van der Waals surface area contributed by atoms with Crippen LogP contribution in [-0.4, -0.2) is 20.4 Å². The predicted molar refractivity (Wildman–Crippen MR) is 96.6 cm³/mol. The molecule has 3 aromatic rings. The first kappa shape index (κ1) is 17.3. The SMILES string of the molecule is CCn1ccnc1NC(=O)c1cccnc1Oc1ccc(Cl)cc1Cl. The summed E-state index contributed by atoms with van der Waals surface area (Å²) in [5.41, 5.74) is 0.263. The molecule has 25 heavy (non-hydrogen) atoms. The quantitative estimate of drug-likeness (QED) is 0.703. The molecular weight excluding hydrogens is 363 g/mol. The summed E-state index contributed by atoms with van der Waals surface area (Å²) in [5.74, 6) is 0.564. The molecule has 0 bridgehead atoms. The van der Waals surface area contributed by atoms with Crippen LogP contribution in [0.1, 0.15) is 17.3 Å². The van der Waals surface area contributed by atoms with Crippen LogP contribution in [0.2, 0.25) is 10.0 Å². The number of rotatable bonds is 5.